The number of rotatable bonds is 5. The molecule has 1 aliphatic carbocycles. The SMILES string of the molecule is CCCCCC(=O)NC(=O)C1CCC1. The Kier molecular flexibility index (Phi) is 4.63. The van der Waals surface area contributed by atoms with Crippen LogP contribution in [0.4, 0.5) is 0 Å². The maximum atomic E-state index is 11.3. The number of hydrogen-bond donors (Lipinski definition) is 1. The maximum Gasteiger partial charge on any atom is 0.229 e. The first-order chi connectivity index (χ1) is 6.74. The minimum atomic E-state index is -0.102. The third-order valence-electron chi connectivity index (χ3n) is 2.75. The van der Waals surface area contributed by atoms with E-state index < -0.39 is 0 Å². The third-order valence-corrected chi connectivity index (χ3v) is 2.75. The Balaban J connectivity index is 2.09. The average Bonchev–Trinajstić information content (AvgIpc) is 2.00. The van der Waals surface area contributed by atoms with Crippen molar-refractivity contribution in [2.45, 2.75) is 51.9 Å². The van der Waals surface area contributed by atoms with Gasteiger partial charge < -0.3 is 0 Å². The summed E-state index contributed by atoms with van der Waals surface area (Å²) in [6.45, 7) is 2.09. The van der Waals surface area contributed by atoms with Gasteiger partial charge in [-0.15, -0.1) is 0 Å². The summed E-state index contributed by atoms with van der Waals surface area (Å²) in [5, 5.41) is 2.46. The average molecular weight is 197 g/mol. The zero-order valence-electron chi connectivity index (χ0n) is 8.84. The first kappa shape index (κ1) is 11.2. The van der Waals surface area contributed by atoms with Crippen LogP contribution in [-0.4, -0.2) is 11.8 Å². The summed E-state index contributed by atoms with van der Waals surface area (Å²) >= 11 is 0. The van der Waals surface area contributed by atoms with Crippen LogP contribution in [0.2, 0.25) is 0 Å². The smallest absolute Gasteiger partial charge is 0.229 e. The van der Waals surface area contributed by atoms with E-state index in [0.717, 1.165) is 38.5 Å². The molecule has 0 bridgehead atoms. The summed E-state index contributed by atoms with van der Waals surface area (Å²) < 4.78 is 0. The minimum Gasteiger partial charge on any atom is -0.296 e. The van der Waals surface area contributed by atoms with Gasteiger partial charge in [-0.3, -0.25) is 14.9 Å². The summed E-state index contributed by atoms with van der Waals surface area (Å²) in [5.41, 5.74) is 0. The molecule has 0 saturated heterocycles. The van der Waals surface area contributed by atoms with Crippen LogP contribution in [0.5, 0.6) is 0 Å². The molecule has 0 aromatic rings. The molecule has 1 fully saturated rings. The summed E-state index contributed by atoms with van der Waals surface area (Å²) in [5.74, 6) is -0.0433. The molecule has 2 amide bonds. The van der Waals surface area contributed by atoms with Crippen molar-refractivity contribution in [3.05, 3.63) is 0 Å². The van der Waals surface area contributed by atoms with E-state index in [2.05, 4.69) is 12.2 Å². The fourth-order valence-corrected chi connectivity index (χ4v) is 1.51. The molecule has 0 heterocycles. The van der Waals surface area contributed by atoms with Gasteiger partial charge in [-0.25, -0.2) is 0 Å². The summed E-state index contributed by atoms with van der Waals surface area (Å²) in [6, 6.07) is 0. The lowest BCUT2D eigenvalue weighted by atomic mass is 9.85. The normalized spacial score (nSPS) is 16.1. The van der Waals surface area contributed by atoms with Crippen LogP contribution < -0.4 is 5.32 Å². The van der Waals surface area contributed by atoms with Crippen molar-refractivity contribution in [1.82, 2.24) is 5.32 Å². The summed E-state index contributed by atoms with van der Waals surface area (Å²) in [4.78, 5) is 22.6. The van der Waals surface area contributed by atoms with E-state index in [0.29, 0.717) is 6.42 Å². The number of imide groups is 1. The Hall–Kier alpha value is -0.860. The second kappa shape index (κ2) is 5.78. The molecular formula is C11H19NO2. The van der Waals surface area contributed by atoms with Gasteiger partial charge in [0.15, 0.2) is 0 Å². The molecule has 3 nitrogen and oxygen atoms in total. The van der Waals surface area contributed by atoms with Gasteiger partial charge in [-0.1, -0.05) is 26.2 Å². The maximum absolute atomic E-state index is 11.3. The van der Waals surface area contributed by atoms with Crippen molar-refractivity contribution in [1.29, 1.82) is 0 Å². The number of nitrogens with one attached hydrogen (secondary N) is 1. The second-order valence-corrected chi connectivity index (χ2v) is 4.00. The van der Waals surface area contributed by atoms with Crippen LogP contribution in [-0.2, 0) is 9.59 Å². The van der Waals surface area contributed by atoms with Crippen LogP contribution in [0.15, 0.2) is 0 Å². The molecule has 14 heavy (non-hydrogen) atoms. The van der Waals surface area contributed by atoms with E-state index in [9.17, 15) is 9.59 Å². The lowest BCUT2D eigenvalue weighted by Crippen LogP contribution is -2.38. The number of carbonyl (C=O) groups excluding carboxylic acids is 2. The van der Waals surface area contributed by atoms with Crippen molar-refractivity contribution in [2.75, 3.05) is 0 Å². The van der Waals surface area contributed by atoms with Gasteiger partial charge in [0.2, 0.25) is 11.8 Å². The highest BCUT2D eigenvalue weighted by Gasteiger charge is 2.26. The Labute approximate surface area is 85.3 Å². The first-order valence-electron chi connectivity index (χ1n) is 5.57. The molecule has 3 heteroatoms. The summed E-state index contributed by atoms with van der Waals surface area (Å²) in [7, 11) is 0. The highest BCUT2D eigenvalue weighted by Crippen LogP contribution is 2.26. The standard InChI is InChI=1S/C11H19NO2/c1-2-3-4-8-10(13)12-11(14)9-6-5-7-9/h9H,2-8H2,1H3,(H,12,13,14). The van der Waals surface area contributed by atoms with Gasteiger partial charge in [0.1, 0.15) is 0 Å². The fraction of sp³-hybridized carbons (Fsp3) is 0.818. The third kappa shape index (κ3) is 3.48. The first-order valence-corrected chi connectivity index (χ1v) is 5.57. The van der Waals surface area contributed by atoms with E-state index in [4.69, 9.17) is 0 Å². The van der Waals surface area contributed by atoms with Crippen molar-refractivity contribution in [2.24, 2.45) is 5.92 Å². The quantitative estimate of drug-likeness (QED) is 0.685. The predicted octanol–water partition coefficient (Wildman–Crippen LogP) is 2.01. The molecule has 80 valence electrons. The monoisotopic (exact) mass is 197 g/mol. The molecule has 1 N–H and O–H groups in total. The molecule has 0 radical (unpaired) electrons. The van der Waals surface area contributed by atoms with Crippen LogP contribution in [0.3, 0.4) is 0 Å². The Bertz CT molecular complexity index is 209. The zero-order chi connectivity index (χ0) is 10.4. The van der Waals surface area contributed by atoms with Gasteiger partial charge in [0.05, 0.1) is 0 Å². The summed E-state index contributed by atoms with van der Waals surface area (Å²) in [6.07, 6.45) is 6.58. The van der Waals surface area contributed by atoms with E-state index >= 15 is 0 Å². The van der Waals surface area contributed by atoms with Gasteiger partial charge in [0.25, 0.3) is 0 Å². The Morgan fingerprint density at radius 1 is 1.29 bits per heavy atom. The van der Waals surface area contributed by atoms with Crippen molar-refractivity contribution in [3.8, 4) is 0 Å². The van der Waals surface area contributed by atoms with Gasteiger partial charge in [0, 0.05) is 12.3 Å². The van der Waals surface area contributed by atoms with E-state index in [-0.39, 0.29) is 17.7 Å². The largest absolute Gasteiger partial charge is 0.296 e. The molecule has 0 atom stereocenters. The van der Waals surface area contributed by atoms with E-state index in [1.165, 1.54) is 0 Å². The van der Waals surface area contributed by atoms with Crippen LogP contribution >= 0.6 is 0 Å². The molecule has 1 saturated carbocycles. The molecule has 0 spiro atoms. The Morgan fingerprint density at radius 3 is 2.50 bits per heavy atom. The van der Waals surface area contributed by atoms with E-state index in [1.807, 2.05) is 0 Å². The van der Waals surface area contributed by atoms with Crippen molar-refractivity contribution < 1.29 is 9.59 Å². The molecule has 0 unspecified atom stereocenters. The highest BCUT2D eigenvalue weighted by molar-refractivity contribution is 5.96. The fourth-order valence-electron chi connectivity index (χ4n) is 1.51. The topological polar surface area (TPSA) is 46.2 Å². The number of unbranched alkanes of at least 4 members (excludes halogenated alkanes) is 2. The number of carbonyl (C=O) groups is 2. The van der Waals surface area contributed by atoms with Crippen LogP contribution in [0.1, 0.15) is 51.9 Å². The van der Waals surface area contributed by atoms with Crippen LogP contribution in [0.25, 0.3) is 0 Å². The molecule has 0 aliphatic heterocycles. The molecule has 1 rings (SSSR count). The minimum absolute atomic E-state index is 0.0576. The number of amides is 2. The molecule has 0 aromatic carbocycles. The number of hydrogen-bond acceptors (Lipinski definition) is 2. The molecule has 0 aromatic heterocycles. The Morgan fingerprint density at radius 2 is 2.00 bits per heavy atom. The second-order valence-electron chi connectivity index (χ2n) is 4.00. The molecular weight excluding hydrogens is 178 g/mol. The lowest BCUT2D eigenvalue weighted by Gasteiger charge is -2.23. The van der Waals surface area contributed by atoms with Gasteiger partial charge >= 0.3 is 0 Å². The predicted molar refractivity (Wildman–Crippen MR) is 54.6 cm³/mol. The van der Waals surface area contributed by atoms with E-state index in [1.54, 1.807) is 0 Å². The van der Waals surface area contributed by atoms with Crippen LogP contribution in [0, 0.1) is 5.92 Å². The zero-order valence-corrected chi connectivity index (χ0v) is 8.84. The molecule has 1 aliphatic rings. The van der Waals surface area contributed by atoms with Crippen molar-refractivity contribution >= 4 is 11.8 Å². The van der Waals surface area contributed by atoms with Crippen molar-refractivity contribution in [3.63, 3.8) is 0 Å². The van der Waals surface area contributed by atoms with Gasteiger partial charge in [-0.05, 0) is 19.3 Å². The van der Waals surface area contributed by atoms with Gasteiger partial charge in [-0.2, -0.15) is 0 Å². The highest BCUT2D eigenvalue weighted by atomic mass is 16.2. The lowest BCUT2D eigenvalue weighted by molar-refractivity contribution is -0.134.